The highest BCUT2D eigenvalue weighted by Crippen LogP contribution is 2.54. The SMILES string of the molecule is CCOC(=O)C1(C(=O)OCC)C(c2ccccc2)C(C(=O)OC)=C(c2cccc3ccccc23)N1C(C)=O. The van der Waals surface area contributed by atoms with Crippen LogP contribution in [0.25, 0.3) is 16.5 Å². The molecule has 4 rings (SSSR count). The first-order valence-corrected chi connectivity index (χ1v) is 12.3. The van der Waals surface area contributed by atoms with Gasteiger partial charge >= 0.3 is 17.9 Å². The molecule has 0 fully saturated rings. The van der Waals surface area contributed by atoms with E-state index in [1.165, 1.54) is 14.0 Å². The van der Waals surface area contributed by atoms with Crippen LogP contribution in [0.2, 0.25) is 0 Å². The fraction of sp³-hybridized carbons (Fsp3) is 0.267. The van der Waals surface area contributed by atoms with Crippen LogP contribution >= 0.6 is 0 Å². The number of rotatable bonds is 7. The molecule has 3 aromatic rings. The topological polar surface area (TPSA) is 99.2 Å². The third-order valence-electron chi connectivity index (χ3n) is 6.61. The Bertz CT molecular complexity index is 1400. The molecule has 0 aliphatic carbocycles. The Morgan fingerprint density at radius 2 is 1.39 bits per heavy atom. The summed E-state index contributed by atoms with van der Waals surface area (Å²) in [6.45, 7) is 4.30. The van der Waals surface area contributed by atoms with Crippen LogP contribution in [-0.4, -0.2) is 54.6 Å². The molecule has 1 aliphatic rings. The first-order valence-electron chi connectivity index (χ1n) is 12.3. The van der Waals surface area contributed by atoms with E-state index in [1.54, 1.807) is 56.3 Å². The minimum atomic E-state index is -2.35. The lowest BCUT2D eigenvalue weighted by Crippen LogP contribution is -2.62. The first kappa shape index (κ1) is 26.6. The number of amides is 1. The first-order chi connectivity index (χ1) is 18.3. The molecule has 0 spiro atoms. The van der Waals surface area contributed by atoms with Crippen molar-refractivity contribution in [3.05, 3.63) is 89.5 Å². The molecule has 8 heteroatoms. The number of methoxy groups -OCH3 is 1. The van der Waals surface area contributed by atoms with Crippen LogP contribution in [0.3, 0.4) is 0 Å². The van der Waals surface area contributed by atoms with Crippen LogP contribution < -0.4 is 0 Å². The molecule has 0 saturated heterocycles. The van der Waals surface area contributed by atoms with Gasteiger partial charge in [-0.1, -0.05) is 72.8 Å². The summed E-state index contributed by atoms with van der Waals surface area (Å²) in [5.41, 5.74) is -1.36. The molecule has 196 valence electrons. The summed E-state index contributed by atoms with van der Waals surface area (Å²) in [6, 6.07) is 21.4. The minimum Gasteiger partial charge on any atom is -0.466 e. The number of nitrogens with zero attached hydrogens (tertiary/aromatic N) is 1. The van der Waals surface area contributed by atoms with E-state index >= 15 is 0 Å². The van der Waals surface area contributed by atoms with Gasteiger partial charge in [0.25, 0.3) is 5.54 Å². The van der Waals surface area contributed by atoms with Crippen LogP contribution in [0.4, 0.5) is 0 Å². The molecule has 38 heavy (non-hydrogen) atoms. The summed E-state index contributed by atoms with van der Waals surface area (Å²) in [4.78, 5) is 56.2. The van der Waals surface area contributed by atoms with Gasteiger partial charge in [-0.05, 0) is 30.2 Å². The number of hydrogen-bond acceptors (Lipinski definition) is 7. The number of carbonyl (C=O) groups excluding carboxylic acids is 4. The predicted molar refractivity (Wildman–Crippen MR) is 141 cm³/mol. The molecule has 1 unspecified atom stereocenters. The molecule has 0 bridgehead atoms. The lowest BCUT2D eigenvalue weighted by atomic mass is 9.76. The van der Waals surface area contributed by atoms with Crippen LogP contribution in [0.1, 0.15) is 37.8 Å². The number of carbonyl (C=O) groups is 4. The Balaban J connectivity index is 2.23. The standard InChI is InChI=1S/C30H29NO7/c1-5-37-28(34)30(29(35)38-6-2)25(21-14-8-7-9-15-21)24(27(33)36-4)26(31(30)19(3)32)23-18-12-16-20-13-10-11-17-22(20)23/h7-18,25H,5-6H2,1-4H3. The van der Waals surface area contributed by atoms with Crippen molar-refractivity contribution in [1.29, 1.82) is 0 Å². The van der Waals surface area contributed by atoms with Gasteiger partial charge in [0.1, 0.15) is 0 Å². The molecular weight excluding hydrogens is 486 g/mol. The Morgan fingerprint density at radius 3 is 1.97 bits per heavy atom. The molecule has 0 radical (unpaired) electrons. The summed E-state index contributed by atoms with van der Waals surface area (Å²) < 4.78 is 16.1. The van der Waals surface area contributed by atoms with Crippen molar-refractivity contribution >= 4 is 40.3 Å². The zero-order valence-electron chi connectivity index (χ0n) is 21.7. The van der Waals surface area contributed by atoms with Crippen molar-refractivity contribution in [1.82, 2.24) is 4.90 Å². The molecule has 0 saturated carbocycles. The highest BCUT2D eigenvalue weighted by Gasteiger charge is 2.68. The molecule has 0 aromatic heterocycles. The molecule has 1 heterocycles. The number of benzene rings is 3. The smallest absolute Gasteiger partial charge is 0.345 e. The summed E-state index contributed by atoms with van der Waals surface area (Å²) in [5, 5.41) is 1.55. The lowest BCUT2D eigenvalue weighted by molar-refractivity contribution is -0.175. The maximum absolute atomic E-state index is 14.0. The van der Waals surface area contributed by atoms with Gasteiger partial charge in [-0.3, -0.25) is 9.69 Å². The second kappa shape index (κ2) is 10.9. The van der Waals surface area contributed by atoms with Gasteiger partial charge in [-0.15, -0.1) is 0 Å². The molecule has 1 amide bonds. The molecule has 8 nitrogen and oxygen atoms in total. The van der Waals surface area contributed by atoms with E-state index in [2.05, 4.69) is 0 Å². The fourth-order valence-electron chi connectivity index (χ4n) is 5.24. The maximum Gasteiger partial charge on any atom is 0.345 e. The van der Waals surface area contributed by atoms with Crippen molar-refractivity contribution in [2.24, 2.45) is 0 Å². The highest BCUT2D eigenvalue weighted by molar-refractivity contribution is 6.19. The van der Waals surface area contributed by atoms with Crippen molar-refractivity contribution in [3.8, 4) is 0 Å². The van der Waals surface area contributed by atoms with Crippen LogP contribution in [0.5, 0.6) is 0 Å². The van der Waals surface area contributed by atoms with Gasteiger partial charge < -0.3 is 14.2 Å². The van der Waals surface area contributed by atoms with E-state index in [1.807, 2.05) is 30.3 Å². The fourth-order valence-corrected chi connectivity index (χ4v) is 5.24. The number of ether oxygens (including phenoxy) is 3. The van der Waals surface area contributed by atoms with Gasteiger partial charge in [0, 0.05) is 12.5 Å². The molecular formula is C30H29NO7. The minimum absolute atomic E-state index is 0.0219. The second-order valence-corrected chi connectivity index (χ2v) is 8.69. The van der Waals surface area contributed by atoms with Crippen molar-refractivity contribution in [3.63, 3.8) is 0 Å². The average Bonchev–Trinajstić information content (AvgIpc) is 3.26. The third kappa shape index (κ3) is 4.12. The van der Waals surface area contributed by atoms with Crippen molar-refractivity contribution in [2.45, 2.75) is 32.2 Å². The van der Waals surface area contributed by atoms with E-state index < -0.39 is 35.3 Å². The Kier molecular flexibility index (Phi) is 7.62. The van der Waals surface area contributed by atoms with Crippen LogP contribution in [0.15, 0.2) is 78.4 Å². The monoisotopic (exact) mass is 515 g/mol. The van der Waals surface area contributed by atoms with Crippen molar-refractivity contribution in [2.75, 3.05) is 20.3 Å². The van der Waals surface area contributed by atoms with Gasteiger partial charge in [-0.2, -0.15) is 0 Å². The second-order valence-electron chi connectivity index (χ2n) is 8.69. The summed E-state index contributed by atoms with van der Waals surface area (Å²) in [7, 11) is 1.21. The Morgan fingerprint density at radius 1 is 0.816 bits per heavy atom. The average molecular weight is 516 g/mol. The van der Waals surface area contributed by atoms with E-state index in [0.29, 0.717) is 16.5 Å². The molecule has 0 N–H and O–H groups in total. The van der Waals surface area contributed by atoms with Gasteiger partial charge in [0.2, 0.25) is 5.91 Å². The number of fused-ring (bicyclic) bond motifs is 1. The number of hydrogen-bond donors (Lipinski definition) is 0. The third-order valence-corrected chi connectivity index (χ3v) is 6.61. The zero-order chi connectivity index (χ0) is 27.4. The predicted octanol–water partition coefficient (Wildman–Crippen LogP) is 4.23. The number of esters is 3. The van der Waals surface area contributed by atoms with E-state index in [-0.39, 0.29) is 24.5 Å². The van der Waals surface area contributed by atoms with Gasteiger partial charge in [0.15, 0.2) is 0 Å². The maximum atomic E-state index is 14.0. The summed E-state index contributed by atoms with van der Waals surface area (Å²) in [6.07, 6.45) is 0. The summed E-state index contributed by atoms with van der Waals surface area (Å²) >= 11 is 0. The van der Waals surface area contributed by atoms with Crippen LogP contribution in [0, 0.1) is 0 Å². The zero-order valence-corrected chi connectivity index (χ0v) is 21.7. The lowest BCUT2D eigenvalue weighted by Gasteiger charge is -2.38. The van der Waals surface area contributed by atoms with Crippen molar-refractivity contribution < 1.29 is 33.4 Å². The normalized spacial score (nSPS) is 16.3. The molecule has 1 aliphatic heterocycles. The highest BCUT2D eigenvalue weighted by atomic mass is 16.6. The van der Waals surface area contributed by atoms with E-state index in [9.17, 15) is 19.2 Å². The molecule has 1 atom stereocenters. The molecule has 3 aromatic carbocycles. The van der Waals surface area contributed by atoms with E-state index in [4.69, 9.17) is 14.2 Å². The quantitative estimate of drug-likeness (QED) is 0.264. The van der Waals surface area contributed by atoms with Crippen LogP contribution in [-0.2, 0) is 33.4 Å². The van der Waals surface area contributed by atoms with Gasteiger partial charge in [0.05, 0.1) is 37.5 Å². The largest absolute Gasteiger partial charge is 0.466 e. The van der Waals surface area contributed by atoms with E-state index in [0.717, 1.165) is 10.3 Å². The Labute approximate surface area is 220 Å². The summed E-state index contributed by atoms with van der Waals surface area (Å²) in [5.74, 6) is -4.71. The van der Waals surface area contributed by atoms with Gasteiger partial charge in [-0.25, -0.2) is 14.4 Å². The Hall–Kier alpha value is -4.46.